The third kappa shape index (κ3) is 5.75. The molecule has 9 nitrogen and oxygen atoms in total. The molecule has 0 spiro atoms. The number of rotatable bonds is 4. The van der Waals surface area contributed by atoms with Gasteiger partial charge in [-0.3, -0.25) is 14.6 Å². The lowest BCUT2D eigenvalue weighted by molar-refractivity contribution is -0.137. The van der Waals surface area contributed by atoms with Crippen molar-refractivity contribution in [3.63, 3.8) is 0 Å². The van der Waals surface area contributed by atoms with Gasteiger partial charge in [-0.05, 0) is 61.4 Å². The Hall–Kier alpha value is -4.73. The zero-order valence-corrected chi connectivity index (χ0v) is 19.3. The summed E-state index contributed by atoms with van der Waals surface area (Å²) >= 11 is 0. The van der Waals surface area contributed by atoms with Crippen molar-refractivity contribution in [3.05, 3.63) is 71.3 Å². The number of nitrogens with two attached hydrogens (primary N) is 1. The number of nitrogens with zero attached hydrogens (tertiary/aromatic N) is 5. The third-order valence-corrected chi connectivity index (χ3v) is 5.32. The van der Waals surface area contributed by atoms with Crippen molar-refractivity contribution in [2.24, 2.45) is 0 Å². The number of hydrogen-bond donors (Lipinski definition) is 2. The van der Waals surface area contributed by atoms with Crippen LogP contribution in [0.2, 0.25) is 0 Å². The minimum absolute atomic E-state index is 0.0154. The van der Waals surface area contributed by atoms with Gasteiger partial charge in [-0.15, -0.1) is 10.2 Å². The number of aryl methyl sites for hydroxylation is 1. The van der Waals surface area contributed by atoms with E-state index in [0.717, 1.165) is 23.1 Å². The first-order chi connectivity index (χ1) is 17.5. The van der Waals surface area contributed by atoms with E-state index in [-0.39, 0.29) is 41.8 Å². The Bertz CT molecular complexity index is 1380. The molecule has 0 aliphatic carbocycles. The molecule has 1 aromatic carbocycles. The second kappa shape index (κ2) is 10.1. The van der Waals surface area contributed by atoms with E-state index in [0.29, 0.717) is 6.07 Å². The van der Waals surface area contributed by atoms with Crippen LogP contribution in [-0.4, -0.2) is 46.3 Å². The van der Waals surface area contributed by atoms with Crippen molar-refractivity contribution in [2.75, 3.05) is 28.6 Å². The van der Waals surface area contributed by atoms with E-state index in [1.165, 1.54) is 36.1 Å². The Kier molecular flexibility index (Phi) is 6.92. The number of hydrogen-bond acceptors (Lipinski definition) is 6. The van der Waals surface area contributed by atoms with Crippen LogP contribution < -0.4 is 20.9 Å². The Labute approximate surface area is 208 Å². The topological polar surface area (TPSA) is 117 Å². The highest BCUT2D eigenvalue weighted by atomic mass is 19.4. The van der Waals surface area contributed by atoms with Gasteiger partial charge in [-0.1, -0.05) is 5.92 Å². The fourth-order valence-corrected chi connectivity index (χ4v) is 3.62. The Balaban J connectivity index is 1.68. The molecule has 1 atom stereocenters. The first kappa shape index (κ1) is 25.4. The van der Waals surface area contributed by atoms with E-state index in [4.69, 9.17) is 5.73 Å². The molecule has 13 heteroatoms. The van der Waals surface area contributed by atoms with Crippen LogP contribution in [0, 0.1) is 24.6 Å². The normalized spacial score (nSPS) is 15.1. The SMILES string of the molecule is Cc1cc(C(F)(F)F)cc(N2C(=O)NC[C@H]2C(=O)N(CC#Cc2ccc(N)nn2)c2ccc(F)cc2)n1. The van der Waals surface area contributed by atoms with Gasteiger partial charge in [-0.2, -0.15) is 13.2 Å². The lowest BCUT2D eigenvalue weighted by Crippen LogP contribution is -2.48. The largest absolute Gasteiger partial charge is 0.416 e. The van der Waals surface area contributed by atoms with Gasteiger partial charge < -0.3 is 11.1 Å². The fraction of sp³-hybridized carbons (Fsp3) is 0.208. The van der Waals surface area contributed by atoms with Gasteiger partial charge in [-0.25, -0.2) is 14.2 Å². The fourth-order valence-electron chi connectivity index (χ4n) is 3.62. The molecule has 2 aromatic heterocycles. The molecule has 4 rings (SSSR count). The van der Waals surface area contributed by atoms with E-state index in [1.54, 1.807) is 0 Å². The van der Waals surface area contributed by atoms with Crippen molar-refractivity contribution in [2.45, 2.75) is 19.1 Å². The maximum Gasteiger partial charge on any atom is 0.416 e. The molecule has 3 heterocycles. The molecule has 3 aromatic rings. The van der Waals surface area contributed by atoms with Crippen molar-refractivity contribution in [1.82, 2.24) is 20.5 Å². The maximum absolute atomic E-state index is 13.6. The van der Waals surface area contributed by atoms with Crippen LogP contribution in [0.25, 0.3) is 0 Å². The highest BCUT2D eigenvalue weighted by Gasteiger charge is 2.41. The number of anilines is 3. The number of carbonyl (C=O) groups excluding carboxylic acids is 2. The molecule has 1 aliphatic rings. The van der Waals surface area contributed by atoms with Crippen molar-refractivity contribution >= 4 is 29.3 Å². The predicted octanol–water partition coefficient (Wildman–Crippen LogP) is 2.90. The van der Waals surface area contributed by atoms with Gasteiger partial charge in [0.2, 0.25) is 0 Å². The van der Waals surface area contributed by atoms with Crippen LogP contribution in [0.3, 0.4) is 0 Å². The lowest BCUT2D eigenvalue weighted by Gasteiger charge is -2.28. The van der Waals surface area contributed by atoms with Crippen molar-refractivity contribution < 1.29 is 27.2 Å². The minimum Gasteiger partial charge on any atom is -0.382 e. The summed E-state index contributed by atoms with van der Waals surface area (Å²) in [6.45, 7) is 0.956. The second-order valence-corrected chi connectivity index (χ2v) is 7.97. The second-order valence-electron chi connectivity index (χ2n) is 7.97. The number of halogens is 4. The van der Waals surface area contributed by atoms with E-state index in [2.05, 4.69) is 32.3 Å². The van der Waals surface area contributed by atoms with E-state index >= 15 is 0 Å². The third-order valence-electron chi connectivity index (χ3n) is 5.32. The van der Waals surface area contributed by atoms with Gasteiger partial charge in [0, 0.05) is 17.9 Å². The quantitative estimate of drug-likeness (QED) is 0.409. The summed E-state index contributed by atoms with van der Waals surface area (Å²) in [5.74, 6) is 4.17. The summed E-state index contributed by atoms with van der Waals surface area (Å²) < 4.78 is 53.7. The zero-order chi connectivity index (χ0) is 26.7. The summed E-state index contributed by atoms with van der Waals surface area (Å²) in [5, 5.41) is 9.98. The molecule has 0 radical (unpaired) electrons. The summed E-state index contributed by atoms with van der Waals surface area (Å²) in [6.07, 6.45) is -4.68. The number of urea groups is 1. The Morgan fingerprint density at radius 1 is 1.19 bits per heavy atom. The molecule has 0 bridgehead atoms. The number of nitrogen functional groups attached to an aromatic ring is 1. The number of nitrogens with one attached hydrogen (secondary N) is 1. The van der Waals surface area contributed by atoms with E-state index in [1.807, 2.05) is 0 Å². The van der Waals surface area contributed by atoms with Crippen LogP contribution in [0.15, 0.2) is 48.5 Å². The summed E-state index contributed by atoms with van der Waals surface area (Å²) in [4.78, 5) is 32.4. The summed E-state index contributed by atoms with van der Waals surface area (Å²) in [5.41, 5.74) is 5.05. The standard InChI is InChI=1S/C24H19F4N7O2/c1-14-11-15(24(26,27)28)12-21(31-14)35-19(13-30-23(35)37)22(36)34(18-7-4-16(25)5-8-18)10-2-3-17-6-9-20(29)33-32-17/h4-9,11-12,19H,10,13H2,1H3,(H2,29,33)(H,30,37)/t19-/m0/s1. The van der Waals surface area contributed by atoms with Gasteiger partial charge in [0.1, 0.15) is 29.2 Å². The Morgan fingerprint density at radius 2 is 1.92 bits per heavy atom. The number of carbonyl (C=O) groups is 2. The zero-order valence-electron chi connectivity index (χ0n) is 19.3. The van der Waals surface area contributed by atoms with Gasteiger partial charge in [0.25, 0.3) is 5.91 Å². The molecular formula is C24H19F4N7O2. The van der Waals surface area contributed by atoms with Gasteiger partial charge in [0.05, 0.1) is 12.1 Å². The summed E-state index contributed by atoms with van der Waals surface area (Å²) in [6, 6.07) is 7.52. The molecule has 0 unspecified atom stereocenters. The lowest BCUT2D eigenvalue weighted by atomic mass is 10.1. The van der Waals surface area contributed by atoms with Gasteiger partial charge in [0.15, 0.2) is 0 Å². The number of pyridine rings is 1. The van der Waals surface area contributed by atoms with E-state index < -0.39 is 35.5 Å². The van der Waals surface area contributed by atoms with Gasteiger partial charge >= 0.3 is 12.2 Å². The van der Waals surface area contributed by atoms with Crippen molar-refractivity contribution in [3.8, 4) is 11.8 Å². The molecule has 1 fully saturated rings. The number of benzene rings is 1. The average Bonchev–Trinajstić information content (AvgIpc) is 3.24. The molecule has 190 valence electrons. The molecule has 37 heavy (non-hydrogen) atoms. The van der Waals surface area contributed by atoms with Crippen LogP contribution in [-0.2, 0) is 11.0 Å². The number of amides is 3. The smallest absolute Gasteiger partial charge is 0.382 e. The average molecular weight is 513 g/mol. The molecule has 1 saturated heterocycles. The Morgan fingerprint density at radius 3 is 2.57 bits per heavy atom. The highest BCUT2D eigenvalue weighted by molar-refractivity contribution is 6.08. The molecule has 0 saturated carbocycles. The van der Waals surface area contributed by atoms with Crippen molar-refractivity contribution in [1.29, 1.82) is 0 Å². The highest BCUT2D eigenvalue weighted by Crippen LogP contribution is 2.33. The number of alkyl halides is 3. The summed E-state index contributed by atoms with van der Waals surface area (Å²) in [7, 11) is 0. The first-order valence-corrected chi connectivity index (χ1v) is 10.8. The number of aromatic nitrogens is 3. The van der Waals surface area contributed by atoms with Crippen LogP contribution in [0.5, 0.6) is 0 Å². The van der Waals surface area contributed by atoms with E-state index in [9.17, 15) is 27.2 Å². The molecule has 3 N–H and O–H groups in total. The van der Waals surface area contributed by atoms with Crippen LogP contribution >= 0.6 is 0 Å². The molecular weight excluding hydrogens is 494 g/mol. The maximum atomic E-state index is 13.6. The molecule has 1 aliphatic heterocycles. The predicted molar refractivity (Wildman–Crippen MR) is 126 cm³/mol. The van der Waals surface area contributed by atoms with Crippen LogP contribution in [0.1, 0.15) is 17.0 Å². The van der Waals surface area contributed by atoms with Crippen LogP contribution in [0.4, 0.5) is 39.7 Å². The monoisotopic (exact) mass is 513 g/mol. The first-order valence-electron chi connectivity index (χ1n) is 10.8. The molecule has 3 amide bonds. The minimum atomic E-state index is -4.68.